The molecule has 152 valence electrons. The molecule has 1 aliphatic heterocycles. The number of nitrogens with one attached hydrogen (secondary N) is 2. The monoisotopic (exact) mass is 416 g/mol. The largest absolute Gasteiger partial charge is 0.370 e. The summed E-state index contributed by atoms with van der Waals surface area (Å²) in [4.78, 5) is 14.6. The zero-order valence-electron chi connectivity index (χ0n) is 15.7. The van der Waals surface area contributed by atoms with Crippen LogP contribution < -0.4 is 14.9 Å². The van der Waals surface area contributed by atoms with E-state index in [0.717, 1.165) is 25.9 Å². The molecule has 0 bridgehead atoms. The number of amides is 1. The molecule has 0 radical (unpaired) electrons. The van der Waals surface area contributed by atoms with Crippen LogP contribution in [0.2, 0.25) is 0 Å². The number of rotatable bonds is 7. The van der Waals surface area contributed by atoms with Gasteiger partial charge in [0.1, 0.15) is 11.5 Å². The molecule has 0 atom stereocenters. The molecular formula is C20H21FN4O3S. The lowest BCUT2D eigenvalue weighted by molar-refractivity contribution is 0.102. The van der Waals surface area contributed by atoms with Crippen LogP contribution in [0, 0.1) is 17.1 Å². The van der Waals surface area contributed by atoms with Crippen molar-refractivity contribution in [1.82, 2.24) is 4.72 Å². The smallest absolute Gasteiger partial charge is 0.255 e. The van der Waals surface area contributed by atoms with Gasteiger partial charge in [0.15, 0.2) is 0 Å². The molecular weight excluding hydrogens is 395 g/mol. The van der Waals surface area contributed by atoms with E-state index in [9.17, 15) is 17.6 Å². The van der Waals surface area contributed by atoms with Crippen molar-refractivity contribution in [2.75, 3.05) is 29.9 Å². The van der Waals surface area contributed by atoms with E-state index in [1.54, 1.807) is 12.1 Å². The first-order chi connectivity index (χ1) is 13.9. The number of nitrogens with zero attached hydrogens (tertiary/aromatic N) is 2. The van der Waals surface area contributed by atoms with Crippen molar-refractivity contribution in [3.8, 4) is 6.07 Å². The summed E-state index contributed by atoms with van der Waals surface area (Å²) in [7, 11) is -3.76. The molecule has 2 N–H and O–H groups in total. The molecule has 0 aliphatic carbocycles. The average molecular weight is 416 g/mol. The Morgan fingerprint density at radius 2 is 1.83 bits per heavy atom. The molecule has 2 aromatic rings. The Bertz CT molecular complexity index is 1030. The highest BCUT2D eigenvalue weighted by molar-refractivity contribution is 7.89. The zero-order chi connectivity index (χ0) is 20.9. The number of nitriles is 1. The lowest BCUT2D eigenvalue weighted by Gasteiger charge is -2.22. The van der Waals surface area contributed by atoms with E-state index in [2.05, 4.69) is 10.0 Å². The van der Waals surface area contributed by atoms with Gasteiger partial charge in [0.2, 0.25) is 10.0 Å². The van der Waals surface area contributed by atoms with Crippen LogP contribution in [0.1, 0.15) is 29.6 Å². The molecule has 0 saturated carbocycles. The van der Waals surface area contributed by atoms with Gasteiger partial charge in [-0.25, -0.2) is 17.5 Å². The molecule has 1 saturated heterocycles. The molecule has 1 heterocycles. The standard InChI is InChI=1S/C20H21FN4O3S/c21-17-5-3-6-18(25-13-1-2-14-25)19(17)24-20(26)15-7-9-16(10-8-15)29(27,28)23-12-4-11-22/h3,5-10,23H,1-2,4,12-14H2,(H,24,26). The summed E-state index contributed by atoms with van der Waals surface area (Å²) in [6.45, 7) is 1.61. The van der Waals surface area contributed by atoms with Crippen LogP contribution in [-0.2, 0) is 10.0 Å². The van der Waals surface area contributed by atoms with Gasteiger partial charge in [-0.3, -0.25) is 4.79 Å². The van der Waals surface area contributed by atoms with Gasteiger partial charge >= 0.3 is 0 Å². The summed E-state index contributed by atoms with van der Waals surface area (Å²) in [5.74, 6) is -1.06. The molecule has 0 unspecified atom stereocenters. The van der Waals surface area contributed by atoms with Crippen LogP contribution in [-0.4, -0.2) is 34.0 Å². The number of benzene rings is 2. The summed E-state index contributed by atoms with van der Waals surface area (Å²) < 4.78 is 41.0. The summed E-state index contributed by atoms with van der Waals surface area (Å²) in [5.41, 5.74) is 0.961. The highest BCUT2D eigenvalue weighted by Gasteiger charge is 2.20. The van der Waals surface area contributed by atoms with Crippen molar-refractivity contribution in [3.05, 3.63) is 53.8 Å². The van der Waals surface area contributed by atoms with Crippen molar-refractivity contribution in [1.29, 1.82) is 5.26 Å². The molecule has 7 nitrogen and oxygen atoms in total. The lowest BCUT2D eigenvalue weighted by Crippen LogP contribution is -2.24. The first-order valence-electron chi connectivity index (χ1n) is 9.24. The van der Waals surface area contributed by atoms with Crippen molar-refractivity contribution < 1.29 is 17.6 Å². The topological polar surface area (TPSA) is 102 Å². The summed E-state index contributed by atoms with van der Waals surface area (Å²) in [5, 5.41) is 11.1. The lowest BCUT2D eigenvalue weighted by atomic mass is 10.2. The Hall–Kier alpha value is -2.96. The maximum Gasteiger partial charge on any atom is 0.255 e. The second kappa shape index (κ2) is 9.03. The van der Waals surface area contributed by atoms with Crippen molar-refractivity contribution in [2.45, 2.75) is 24.2 Å². The van der Waals surface area contributed by atoms with E-state index in [1.165, 1.54) is 30.3 Å². The quantitative estimate of drug-likeness (QED) is 0.676. The molecule has 29 heavy (non-hydrogen) atoms. The number of hydrogen-bond acceptors (Lipinski definition) is 5. The Balaban J connectivity index is 1.76. The molecule has 2 aromatic carbocycles. The number of anilines is 2. The summed E-state index contributed by atoms with van der Waals surface area (Å²) >= 11 is 0. The predicted molar refractivity (Wildman–Crippen MR) is 108 cm³/mol. The first kappa shape index (κ1) is 20.8. The Morgan fingerprint density at radius 1 is 1.14 bits per heavy atom. The number of para-hydroxylation sites is 1. The van der Waals surface area contributed by atoms with Gasteiger partial charge in [0.05, 0.1) is 16.7 Å². The van der Waals surface area contributed by atoms with Crippen LogP contribution in [0.15, 0.2) is 47.4 Å². The summed E-state index contributed by atoms with van der Waals surface area (Å²) in [6, 6.07) is 11.9. The van der Waals surface area contributed by atoms with Crippen LogP contribution in [0.5, 0.6) is 0 Å². The van der Waals surface area contributed by atoms with Gasteiger partial charge in [0, 0.05) is 31.6 Å². The van der Waals surface area contributed by atoms with E-state index < -0.39 is 21.7 Å². The average Bonchev–Trinajstić information content (AvgIpc) is 3.24. The molecule has 1 fully saturated rings. The number of halogens is 1. The fourth-order valence-electron chi connectivity index (χ4n) is 3.15. The fraction of sp³-hybridized carbons (Fsp3) is 0.300. The SMILES string of the molecule is N#CCCNS(=O)(=O)c1ccc(C(=O)Nc2c(F)cccc2N2CCCC2)cc1. The molecule has 1 aliphatic rings. The molecule has 0 aromatic heterocycles. The minimum Gasteiger partial charge on any atom is -0.370 e. The van der Waals surface area contributed by atoms with Crippen molar-refractivity contribution in [2.24, 2.45) is 0 Å². The molecule has 0 spiro atoms. The van der Waals surface area contributed by atoms with Crippen LogP contribution in [0.4, 0.5) is 15.8 Å². The van der Waals surface area contributed by atoms with Gasteiger partial charge in [-0.15, -0.1) is 0 Å². The number of carbonyl (C=O) groups excluding carboxylic acids is 1. The normalized spacial score (nSPS) is 13.9. The van der Waals surface area contributed by atoms with Gasteiger partial charge in [0.25, 0.3) is 5.91 Å². The number of carbonyl (C=O) groups is 1. The third-order valence-corrected chi connectivity index (χ3v) is 6.11. The van der Waals surface area contributed by atoms with Crippen molar-refractivity contribution in [3.63, 3.8) is 0 Å². The van der Waals surface area contributed by atoms with E-state index in [4.69, 9.17) is 5.26 Å². The minimum absolute atomic E-state index is 0.00757. The Kier molecular flexibility index (Phi) is 6.46. The second-order valence-corrected chi connectivity index (χ2v) is 8.38. The number of sulfonamides is 1. The van der Waals surface area contributed by atoms with Crippen molar-refractivity contribution >= 4 is 27.3 Å². The maximum atomic E-state index is 14.4. The van der Waals surface area contributed by atoms with Gasteiger partial charge in [-0.1, -0.05) is 6.07 Å². The zero-order valence-corrected chi connectivity index (χ0v) is 16.5. The summed E-state index contributed by atoms with van der Waals surface area (Å²) in [6.07, 6.45) is 2.09. The fourth-order valence-corrected chi connectivity index (χ4v) is 4.19. The Labute approximate surface area is 169 Å². The third-order valence-electron chi connectivity index (χ3n) is 4.63. The number of hydrogen-bond donors (Lipinski definition) is 2. The minimum atomic E-state index is -3.76. The van der Waals surface area contributed by atoms with E-state index >= 15 is 0 Å². The molecule has 1 amide bonds. The van der Waals surface area contributed by atoms with Gasteiger partial charge < -0.3 is 10.2 Å². The van der Waals surface area contributed by atoms with Gasteiger partial charge in [-0.05, 0) is 49.2 Å². The molecule has 3 rings (SSSR count). The first-order valence-corrected chi connectivity index (χ1v) is 10.7. The van der Waals surface area contributed by atoms with E-state index in [-0.39, 0.29) is 29.1 Å². The van der Waals surface area contributed by atoms with Crippen LogP contribution in [0.25, 0.3) is 0 Å². The van der Waals surface area contributed by atoms with Gasteiger partial charge in [-0.2, -0.15) is 5.26 Å². The highest BCUT2D eigenvalue weighted by Crippen LogP contribution is 2.31. The van der Waals surface area contributed by atoms with E-state index in [1.807, 2.05) is 11.0 Å². The van der Waals surface area contributed by atoms with E-state index in [0.29, 0.717) is 5.69 Å². The third kappa shape index (κ3) is 4.91. The molecule has 9 heteroatoms. The second-order valence-electron chi connectivity index (χ2n) is 6.61. The maximum absolute atomic E-state index is 14.4. The van der Waals surface area contributed by atoms with Crippen LogP contribution >= 0.6 is 0 Å². The predicted octanol–water partition coefficient (Wildman–Crippen LogP) is 2.87. The highest BCUT2D eigenvalue weighted by atomic mass is 32.2. The Morgan fingerprint density at radius 3 is 2.48 bits per heavy atom. The van der Waals surface area contributed by atoms with Crippen LogP contribution in [0.3, 0.4) is 0 Å².